The minimum absolute atomic E-state index is 0.557. The Balaban J connectivity index is 1.09. The van der Waals surface area contributed by atoms with E-state index in [2.05, 4.69) is 197 Å². The van der Waals surface area contributed by atoms with Crippen LogP contribution >= 0.6 is 0 Å². The normalized spacial score (nSPS) is 11.4. The van der Waals surface area contributed by atoms with E-state index < -0.39 is 0 Å². The molecule has 354 valence electrons. The van der Waals surface area contributed by atoms with Crippen LogP contribution in [0.5, 0.6) is 0 Å². The van der Waals surface area contributed by atoms with Crippen molar-refractivity contribution in [1.82, 2.24) is 24.1 Å². The van der Waals surface area contributed by atoms with Gasteiger partial charge in [0.15, 0.2) is 17.5 Å². The van der Waals surface area contributed by atoms with Gasteiger partial charge in [0.05, 0.1) is 45.1 Å². The molecule has 0 fully saturated rings. The van der Waals surface area contributed by atoms with E-state index in [1.54, 1.807) is 0 Å². The van der Waals surface area contributed by atoms with Crippen LogP contribution in [0.3, 0.4) is 0 Å². The Bertz CT molecular complexity index is 4510. The highest BCUT2D eigenvalue weighted by Gasteiger charge is 2.24. The van der Waals surface area contributed by atoms with Crippen LogP contribution in [0.2, 0.25) is 0 Å². The molecule has 3 aromatic heterocycles. The molecular weight excluding hydrogens is 925 g/mol. The van der Waals surface area contributed by atoms with Crippen molar-refractivity contribution in [3.8, 4) is 96.1 Å². The first-order chi connectivity index (χ1) is 37.6. The van der Waals surface area contributed by atoms with Gasteiger partial charge >= 0.3 is 0 Å². The summed E-state index contributed by atoms with van der Waals surface area (Å²) in [6.07, 6.45) is 0. The summed E-state index contributed by atoms with van der Waals surface area (Å²) in [5.41, 5.74) is 17.9. The van der Waals surface area contributed by atoms with E-state index in [1.807, 2.05) is 84.9 Å². The first kappa shape index (κ1) is 44.2. The Morgan fingerprint density at radius 1 is 0.263 bits per heavy atom. The largest absolute Gasteiger partial charge is 0.309 e. The number of nitriles is 1. The van der Waals surface area contributed by atoms with Crippen LogP contribution < -0.4 is 0 Å². The first-order valence-electron chi connectivity index (χ1n) is 25.5. The number of hydrogen-bond donors (Lipinski definition) is 0. The minimum atomic E-state index is 0.557. The lowest BCUT2D eigenvalue weighted by Gasteiger charge is -2.21. The van der Waals surface area contributed by atoms with Crippen molar-refractivity contribution in [3.05, 3.63) is 272 Å². The molecule has 6 nitrogen and oxygen atoms in total. The predicted molar refractivity (Wildman–Crippen MR) is 311 cm³/mol. The molecule has 0 radical (unpaired) electrons. The van der Waals surface area contributed by atoms with Crippen molar-refractivity contribution < 1.29 is 0 Å². The highest BCUT2D eigenvalue weighted by molar-refractivity contribution is 6.13. The average molecular weight is 969 g/mol. The van der Waals surface area contributed by atoms with Crippen molar-refractivity contribution in [1.29, 1.82) is 5.26 Å². The molecule has 6 heteroatoms. The second kappa shape index (κ2) is 18.5. The van der Waals surface area contributed by atoms with Crippen LogP contribution in [-0.2, 0) is 0 Å². The van der Waals surface area contributed by atoms with E-state index in [0.717, 1.165) is 116 Å². The van der Waals surface area contributed by atoms with Crippen LogP contribution in [0, 0.1) is 11.3 Å². The maximum Gasteiger partial charge on any atom is 0.164 e. The molecule has 0 amide bonds. The Hall–Kier alpha value is -10.5. The smallest absolute Gasteiger partial charge is 0.164 e. The van der Waals surface area contributed by atoms with Gasteiger partial charge in [-0.3, -0.25) is 0 Å². The number of para-hydroxylation sites is 2. The molecule has 0 aliphatic heterocycles. The molecule has 0 bridgehead atoms. The van der Waals surface area contributed by atoms with Crippen LogP contribution in [0.25, 0.3) is 134 Å². The van der Waals surface area contributed by atoms with Crippen molar-refractivity contribution in [2.75, 3.05) is 0 Å². The summed E-state index contributed by atoms with van der Waals surface area (Å²) in [5, 5.41) is 15.1. The summed E-state index contributed by atoms with van der Waals surface area (Å²) >= 11 is 0. The number of rotatable bonds is 9. The van der Waals surface area contributed by atoms with Gasteiger partial charge in [-0.15, -0.1) is 0 Å². The summed E-state index contributed by atoms with van der Waals surface area (Å²) in [7, 11) is 0. The quantitative estimate of drug-likeness (QED) is 0.144. The molecule has 0 aliphatic carbocycles. The number of benzene rings is 11. The molecule has 0 unspecified atom stereocenters. The SMILES string of the molecule is N#Cc1ccccc1-c1ccc(-c2cc(-c3nc(-c4ccccc4)nc(-c4ccccc4)n3)ccc2-n2c3ccccc3c3cc(-c4ccccc4)ccc32)c(-n2c3ccccc3c3cc(-c4ccccc4)ccc32)c1. The van der Waals surface area contributed by atoms with Gasteiger partial charge in [0.1, 0.15) is 0 Å². The summed E-state index contributed by atoms with van der Waals surface area (Å²) in [6, 6.07) is 96.1. The number of nitrogens with zero attached hydrogens (tertiary/aromatic N) is 6. The predicted octanol–water partition coefficient (Wildman–Crippen LogP) is 17.6. The van der Waals surface area contributed by atoms with Crippen LogP contribution in [-0.4, -0.2) is 24.1 Å². The van der Waals surface area contributed by atoms with Crippen molar-refractivity contribution in [3.63, 3.8) is 0 Å². The Labute approximate surface area is 439 Å². The van der Waals surface area contributed by atoms with Gasteiger partial charge in [-0.25, -0.2) is 15.0 Å². The second-order valence-electron chi connectivity index (χ2n) is 19.1. The number of aromatic nitrogens is 5. The van der Waals surface area contributed by atoms with Gasteiger partial charge in [0.25, 0.3) is 0 Å². The molecular formula is C70H44N6. The fourth-order valence-electron chi connectivity index (χ4n) is 11.1. The van der Waals surface area contributed by atoms with Gasteiger partial charge in [0.2, 0.25) is 0 Å². The molecule has 0 N–H and O–H groups in total. The van der Waals surface area contributed by atoms with Gasteiger partial charge in [-0.05, 0) is 100 Å². The van der Waals surface area contributed by atoms with Crippen LogP contribution in [0.4, 0.5) is 0 Å². The summed E-state index contributed by atoms with van der Waals surface area (Å²) in [6.45, 7) is 0. The molecule has 0 spiro atoms. The topological polar surface area (TPSA) is 72.3 Å². The molecule has 0 atom stereocenters. The zero-order chi connectivity index (χ0) is 50.5. The van der Waals surface area contributed by atoms with Gasteiger partial charge in [-0.1, -0.05) is 200 Å². The first-order valence-corrected chi connectivity index (χ1v) is 25.5. The molecule has 0 aliphatic rings. The van der Waals surface area contributed by atoms with Crippen molar-refractivity contribution in [2.24, 2.45) is 0 Å². The number of fused-ring (bicyclic) bond motifs is 6. The van der Waals surface area contributed by atoms with Crippen molar-refractivity contribution >= 4 is 43.6 Å². The number of hydrogen-bond acceptors (Lipinski definition) is 4. The van der Waals surface area contributed by atoms with E-state index >= 15 is 0 Å². The standard InChI is InChI=1S/C70H44N6/c71-45-54-27-13-14-28-55(54)52-33-37-58(67(44-52)76-63-32-18-16-30-57(63)60-42-51(35-39-66(60)76)47-21-7-2-8-22-47)61-43-53(70-73-68(48-23-9-3-10-24-48)72-69(74-70)49-25-11-4-12-26-49)36-40-65(61)75-62-31-17-15-29-56(62)59-41-50(34-38-64(59)75)46-19-5-1-6-20-46/h1-44H. The lowest BCUT2D eigenvalue weighted by molar-refractivity contribution is 1.07. The molecule has 76 heavy (non-hydrogen) atoms. The zero-order valence-electron chi connectivity index (χ0n) is 41.1. The summed E-state index contributed by atoms with van der Waals surface area (Å²) in [4.78, 5) is 15.6. The summed E-state index contributed by atoms with van der Waals surface area (Å²) < 4.78 is 4.82. The Morgan fingerprint density at radius 2 is 0.684 bits per heavy atom. The van der Waals surface area contributed by atoms with Gasteiger partial charge in [-0.2, -0.15) is 5.26 Å². The zero-order valence-corrected chi connectivity index (χ0v) is 41.1. The monoisotopic (exact) mass is 968 g/mol. The lowest BCUT2D eigenvalue weighted by Crippen LogP contribution is -2.04. The highest BCUT2D eigenvalue weighted by Crippen LogP contribution is 2.45. The Kier molecular flexibility index (Phi) is 10.8. The van der Waals surface area contributed by atoms with Crippen LogP contribution in [0.15, 0.2) is 267 Å². The lowest BCUT2D eigenvalue weighted by atomic mass is 9.93. The molecule has 0 saturated carbocycles. The third kappa shape index (κ3) is 7.62. The molecule has 14 rings (SSSR count). The van der Waals surface area contributed by atoms with Crippen LogP contribution in [0.1, 0.15) is 5.56 Å². The van der Waals surface area contributed by atoms with Gasteiger partial charge in [0, 0.05) is 49.4 Å². The fourth-order valence-corrected chi connectivity index (χ4v) is 11.1. The van der Waals surface area contributed by atoms with E-state index in [1.165, 1.54) is 0 Å². The van der Waals surface area contributed by atoms with E-state index in [9.17, 15) is 5.26 Å². The molecule has 11 aromatic carbocycles. The summed E-state index contributed by atoms with van der Waals surface area (Å²) in [5.74, 6) is 1.74. The Morgan fingerprint density at radius 3 is 1.22 bits per heavy atom. The fraction of sp³-hybridized carbons (Fsp3) is 0. The van der Waals surface area contributed by atoms with E-state index in [4.69, 9.17) is 15.0 Å². The molecule has 0 saturated heterocycles. The average Bonchev–Trinajstić information content (AvgIpc) is 4.14. The van der Waals surface area contributed by atoms with E-state index in [0.29, 0.717) is 23.0 Å². The third-order valence-electron chi connectivity index (χ3n) is 14.6. The maximum atomic E-state index is 10.5. The molecule has 3 heterocycles. The highest BCUT2D eigenvalue weighted by atomic mass is 15.0. The maximum absolute atomic E-state index is 10.5. The van der Waals surface area contributed by atoms with E-state index in [-0.39, 0.29) is 0 Å². The van der Waals surface area contributed by atoms with Gasteiger partial charge < -0.3 is 9.13 Å². The molecule has 14 aromatic rings. The second-order valence-corrected chi connectivity index (χ2v) is 19.1. The van der Waals surface area contributed by atoms with Crippen molar-refractivity contribution in [2.45, 2.75) is 0 Å². The third-order valence-corrected chi connectivity index (χ3v) is 14.6. The minimum Gasteiger partial charge on any atom is -0.309 e.